The molecule has 1 atom stereocenters. The molecule has 0 aromatic heterocycles. The largest absolute Gasteiger partial charge is 0.507 e. The number of hydrogen-bond donors (Lipinski definition) is 1. The van der Waals surface area contributed by atoms with Crippen molar-refractivity contribution in [1.82, 2.24) is 4.90 Å². The zero-order chi connectivity index (χ0) is 25.1. The van der Waals surface area contributed by atoms with Gasteiger partial charge >= 0.3 is 0 Å². The van der Waals surface area contributed by atoms with Crippen molar-refractivity contribution >= 4 is 17.4 Å². The van der Waals surface area contributed by atoms with Gasteiger partial charge in [-0.25, -0.2) is 4.39 Å². The number of likely N-dealkylation sites (tertiary alicyclic amines) is 1. The molecule has 1 unspecified atom stereocenters. The van der Waals surface area contributed by atoms with Crippen LogP contribution in [0.2, 0.25) is 0 Å². The van der Waals surface area contributed by atoms with E-state index in [-0.39, 0.29) is 23.4 Å². The molecule has 0 aliphatic carbocycles. The molecule has 0 saturated carbocycles. The van der Waals surface area contributed by atoms with Gasteiger partial charge in [0.15, 0.2) is 0 Å². The van der Waals surface area contributed by atoms with E-state index in [4.69, 9.17) is 9.47 Å². The van der Waals surface area contributed by atoms with Gasteiger partial charge in [0.2, 0.25) is 0 Å². The molecule has 3 aromatic carbocycles. The number of hydrogen-bond acceptors (Lipinski definition) is 5. The first kappa shape index (κ1) is 24.0. The zero-order valence-electron chi connectivity index (χ0n) is 19.7. The Labute approximate surface area is 203 Å². The van der Waals surface area contributed by atoms with Crippen LogP contribution in [0.15, 0.2) is 72.3 Å². The second kappa shape index (κ2) is 10.0. The fourth-order valence-corrected chi connectivity index (χ4v) is 4.23. The third kappa shape index (κ3) is 4.75. The van der Waals surface area contributed by atoms with Crippen LogP contribution in [-0.2, 0) is 16.0 Å². The van der Waals surface area contributed by atoms with Crippen LogP contribution in [0.25, 0.3) is 5.76 Å². The SMILES string of the molecule is COc1ccc(CCN2C(=O)C(=O)/C(=C(\O)c3ccc(F)c(C)c3)C2c2ccc(OC)cc2)cc1. The van der Waals surface area contributed by atoms with Crippen molar-refractivity contribution in [2.24, 2.45) is 0 Å². The minimum Gasteiger partial charge on any atom is -0.507 e. The molecule has 4 rings (SSSR count). The maximum atomic E-state index is 13.8. The minimum atomic E-state index is -0.801. The van der Waals surface area contributed by atoms with Crippen LogP contribution >= 0.6 is 0 Å². The first-order valence-corrected chi connectivity index (χ1v) is 11.2. The number of Topliss-reactive ketones (excluding diaryl/α,β-unsaturated/α-hetero) is 1. The summed E-state index contributed by atoms with van der Waals surface area (Å²) in [6.07, 6.45) is 0.499. The number of carbonyl (C=O) groups is 2. The van der Waals surface area contributed by atoms with Crippen LogP contribution < -0.4 is 9.47 Å². The number of aryl methyl sites for hydroxylation is 1. The monoisotopic (exact) mass is 475 g/mol. The van der Waals surface area contributed by atoms with E-state index >= 15 is 0 Å². The second-order valence-corrected chi connectivity index (χ2v) is 8.33. The highest BCUT2D eigenvalue weighted by Gasteiger charge is 2.45. The van der Waals surface area contributed by atoms with Crippen molar-refractivity contribution < 1.29 is 28.6 Å². The summed E-state index contributed by atoms with van der Waals surface area (Å²) in [6, 6.07) is 17.8. The molecule has 3 aromatic rings. The molecule has 1 aliphatic rings. The Morgan fingerprint density at radius 2 is 1.54 bits per heavy atom. The lowest BCUT2D eigenvalue weighted by Crippen LogP contribution is -2.31. The third-order valence-electron chi connectivity index (χ3n) is 6.20. The number of halogens is 1. The summed E-state index contributed by atoms with van der Waals surface area (Å²) in [7, 11) is 3.14. The molecule has 6 nitrogen and oxygen atoms in total. The van der Waals surface area contributed by atoms with Gasteiger partial charge in [-0.3, -0.25) is 9.59 Å². The number of methoxy groups -OCH3 is 2. The highest BCUT2D eigenvalue weighted by molar-refractivity contribution is 6.46. The highest BCUT2D eigenvalue weighted by atomic mass is 19.1. The van der Waals surface area contributed by atoms with E-state index in [0.717, 1.165) is 11.3 Å². The van der Waals surface area contributed by atoms with Gasteiger partial charge in [0.1, 0.15) is 23.1 Å². The molecule has 1 amide bonds. The highest BCUT2D eigenvalue weighted by Crippen LogP contribution is 2.40. The van der Waals surface area contributed by atoms with Crippen LogP contribution in [0, 0.1) is 12.7 Å². The van der Waals surface area contributed by atoms with E-state index < -0.39 is 23.5 Å². The average Bonchev–Trinajstić information content (AvgIpc) is 3.13. The van der Waals surface area contributed by atoms with Crippen molar-refractivity contribution in [2.75, 3.05) is 20.8 Å². The molecule has 0 spiro atoms. The lowest BCUT2D eigenvalue weighted by molar-refractivity contribution is -0.139. The summed E-state index contributed by atoms with van der Waals surface area (Å²) < 4.78 is 24.2. The van der Waals surface area contributed by atoms with E-state index in [1.165, 1.54) is 23.1 Å². The van der Waals surface area contributed by atoms with Crippen molar-refractivity contribution in [2.45, 2.75) is 19.4 Å². The fraction of sp³-hybridized carbons (Fsp3) is 0.214. The molecule has 7 heteroatoms. The van der Waals surface area contributed by atoms with Crippen LogP contribution in [0.1, 0.15) is 28.3 Å². The number of benzene rings is 3. The first-order chi connectivity index (χ1) is 16.8. The molecular weight excluding hydrogens is 449 g/mol. The van der Waals surface area contributed by atoms with E-state index in [1.807, 2.05) is 24.3 Å². The minimum absolute atomic E-state index is 0.0269. The Balaban J connectivity index is 1.75. The molecule has 1 N–H and O–H groups in total. The fourth-order valence-electron chi connectivity index (χ4n) is 4.23. The number of aliphatic hydroxyl groups excluding tert-OH is 1. The van der Waals surface area contributed by atoms with E-state index in [0.29, 0.717) is 23.3 Å². The number of ketones is 1. The van der Waals surface area contributed by atoms with Gasteiger partial charge < -0.3 is 19.5 Å². The standard InChI is InChI=1S/C28H26FNO5/c1-17-16-20(8-13-23(17)29)26(31)24-25(19-6-11-22(35-3)12-7-19)30(28(33)27(24)32)15-14-18-4-9-21(34-2)10-5-18/h4-13,16,25,31H,14-15H2,1-3H3/b26-24-. The van der Waals surface area contributed by atoms with E-state index in [2.05, 4.69) is 0 Å². The van der Waals surface area contributed by atoms with E-state index in [1.54, 1.807) is 45.4 Å². The number of rotatable bonds is 7. The molecule has 1 fully saturated rings. The average molecular weight is 476 g/mol. The molecular formula is C28H26FNO5. The molecule has 1 heterocycles. The number of nitrogens with zero attached hydrogens (tertiary/aromatic N) is 1. The van der Waals surface area contributed by atoms with Crippen LogP contribution in [0.4, 0.5) is 4.39 Å². The lowest BCUT2D eigenvalue weighted by atomic mass is 9.94. The number of aliphatic hydroxyl groups is 1. The number of amides is 1. The second-order valence-electron chi connectivity index (χ2n) is 8.33. The van der Waals surface area contributed by atoms with Gasteiger partial charge in [-0.05, 0) is 72.5 Å². The van der Waals surface area contributed by atoms with E-state index in [9.17, 15) is 19.1 Å². The topological polar surface area (TPSA) is 76.1 Å². The summed E-state index contributed by atoms with van der Waals surface area (Å²) in [6.45, 7) is 1.83. The number of carbonyl (C=O) groups excluding carboxylic acids is 2. The molecule has 0 bridgehead atoms. The Hall–Kier alpha value is -4.13. The Kier molecular flexibility index (Phi) is 6.87. The summed E-state index contributed by atoms with van der Waals surface area (Å²) in [5, 5.41) is 11.1. The van der Waals surface area contributed by atoms with Gasteiger partial charge in [-0.1, -0.05) is 24.3 Å². The van der Waals surface area contributed by atoms with Gasteiger partial charge in [-0.2, -0.15) is 0 Å². The molecule has 1 saturated heterocycles. The zero-order valence-corrected chi connectivity index (χ0v) is 19.7. The van der Waals surface area contributed by atoms with Gasteiger partial charge in [0.05, 0.1) is 25.8 Å². The van der Waals surface area contributed by atoms with Gasteiger partial charge in [0, 0.05) is 12.1 Å². The quantitative estimate of drug-likeness (QED) is 0.301. The molecule has 35 heavy (non-hydrogen) atoms. The summed E-state index contributed by atoms with van der Waals surface area (Å²) in [4.78, 5) is 27.8. The lowest BCUT2D eigenvalue weighted by Gasteiger charge is -2.25. The molecule has 1 aliphatic heterocycles. The van der Waals surface area contributed by atoms with Gasteiger partial charge in [-0.15, -0.1) is 0 Å². The predicted molar refractivity (Wildman–Crippen MR) is 130 cm³/mol. The van der Waals surface area contributed by atoms with Crippen molar-refractivity contribution in [3.63, 3.8) is 0 Å². The maximum Gasteiger partial charge on any atom is 0.295 e. The summed E-state index contributed by atoms with van der Waals surface area (Å²) in [5.41, 5.74) is 2.19. The summed E-state index contributed by atoms with van der Waals surface area (Å²) in [5.74, 6) is -0.882. The van der Waals surface area contributed by atoms with Gasteiger partial charge in [0.25, 0.3) is 11.7 Å². The first-order valence-electron chi connectivity index (χ1n) is 11.2. The van der Waals surface area contributed by atoms with Crippen LogP contribution in [0.3, 0.4) is 0 Å². The molecule has 180 valence electrons. The molecule has 0 radical (unpaired) electrons. The Bertz CT molecular complexity index is 1280. The van der Waals surface area contributed by atoms with Crippen molar-refractivity contribution in [3.8, 4) is 11.5 Å². The third-order valence-corrected chi connectivity index (χ3v) is 6.20. The smallest absolute Gasteiger partial charge is 0.295 e. The number of ether oxygens (including phenoxy) is 2. The van der Waals surface area contributed by atoms with Crippen LogP contribution in [0.5, 0.6) is 11.5 Å². The summed E-state index contributed by atoms with van der Waals surface area (Å²) >= 11 is 0. The van der Waals surface area contributed by atoms with Crippen molar-refractivity contribution in [3.05, 3.63) is 100 Å². The Morgan fingerprint density at radius 1 is 0.943 bits per heavy atom. The van der Waals surface area contributed by atoms with Crippen molar-refractivity contribution in [1.29, 1.82) is 0 Å². The predicted octanol–water partition coefficient (Wildman–Crippen LogP) is 4.82. The Morgan fingerprint density at radius 3 is 2.11 bits per heavy atom. The maximum absolute atomic E-state index is 13.8. The van der Waals surface area contributed by atoms with Crippen LogP contribution in [-0.4, -0.2) is 42.5 Å². The normalized spacial score (nSPS) is 17.0.